The molecule has 0 saturated heterocycles. The molecule has 0 bridgehead atoms. The van der Waals surface area contributed by atoms with Crippen LogP contribution in [0.3, 0.4) is 0 Å². The van der Waals surface area contributed by atoms with Gasteiger partial charge < -0.3 is 5.32 Å². The van der Waals surface area contributed by atoms with Gasteiger partial charge in [0, 0.05) is 0 Å². The van der Waals surface area contributed by atoms with Gasteiger partial charge in [0.1, 0.15) is 0 Å². The number of carbonyl (C=O) groups excluding carboxylic acids is 1. The Morgan fingerprint density at radius 1 is 1.53 bits per heavy atom. The SMILES string of the molecule is CCCCS[C@@H](C)C(=O)Nc1ccc(Cl)nn1. The zero-order valence-electron chi connectivity index (χ0n) is 9.94. The summed E-state index contributed by atoms with van der Waals surface area (Å²) in [6.45, 7) is 4.02. The minimum Gasteiger partial charge on any atom is -0.308 e. The number of hydrogen-bond donors (Lipinski definition) is 1. The smallest absolute Gasteiger partial charge is 0.238 e. The van der Waals surface area contributed by atoms with Gasteiger partial charge in [-0.3, -0.25) is 4.79 Å². The highest BCUT2D eigenvalue weighted by Gasteiger charge is 2.13. The van der Waals surface area contributed by atoms with Gasteiger partial charge in [-0.15, -0.1) is 22.0 Å². The molecule has 1 heterocycles. The van der Waals surface area contributed by atoms with Gasteiger partial charge in [0.15, 0.2) is 11.0 Å². The van der Waals surface area contributed by atoms with Gasteiger partial charge >= 0.3 is 0 Å². The molecule has 0 aliphatic carbocycles. The van der Waals surface area contributed by atoms with Gasteiger partial charge in [0.2, 0.25) is 5.91 Å². The van der Waals surface area contributed by atoms with Crippen LogP contribution in [0.15, 0.2) is 12.1 Å². The molecule has 0 aliphatic heterocycles. The van der Waals surface area contributed by atoms with Gasteiger partial charge in [-0.2, -0.15) is 0 Å². The van der Waals surface area contributed by atoms with E-state index in [4.69, 9.17) is 11.6 Å². The van der Waals surface area contributed by atoms with Crippen molar-refractivity contribution in [2.75, 3.05) is 11.1 Å². The summed E-state index contributed by atoms with van der Waals surface area (Å²) in [4.78, 5) is 11.8. The summed E-state index contributed by atoms with van der Waals surface area (Å²) < 4.78 is 0. The Morgan fingerprint density at radius 3 is 2.88 bits per heavy atom. The lowest BCUT2D eigenvalue weighted by Crippen LogP contribution is -2.23. The van der Waals surface area contributed by atoms with E-state index in [1.807, 2.05) is 6.92 Å². The Morgan fingerprint density at radius 2 is 2.29 bits per heavy atom. The molecule has 1 amide bonds. The Hall–Kier alpha value is -0.810. The molecule has 0 spiro atoms. The van der Waals surface area contributed by atoms with Crippen LogP contribution in [0.5, 0.6) is 0 Å². The van der Waals surface area contributed by atoms with E-state index in [1.54, 1.807) is 23.9 Å². The molecule has 0 saturated carbocycles. The number of rotatable bonds is 6. The molecule has 1 aromatic heterocycles. The van der Waals surface area contributed by atoms with E-state index in [9.17, 15) is 4.79 Å². The molecular formula is C11H16ClN3OS. The van der Waals surface area contributed by atoms with Gasteiger partial charge in [-0.05, 0) is 31.2 Å². The van der Waals surface area contributed by atoms with Crippen LogP contribution in [0, 0.1) is 0 Å². The summed E-state index contributed by atoms with van der Waals surface area (Å²) in [5.41, 5.74) is 0. The molecule has 1 N–H and O–H groups in total. The number of hydrogen-bond acceptors (Lipinski definition) is 4. The topological polar surface area (TPSA) is 54.9 Å². The highest BCUT2D eigenvalue weighted by Crippen LogP contribution is 2.15. The lowest BCUT2D eigenvalue weighted by Gasteiger charge is -2.10. The molecule has 17 heavy (non-hydrogen) atoms. The third kappa shape index (κ3) is 5.37. The summed E-state index contributed by atoms with van der Waals surface area (Å²) in [5.74, 6) is 1.38. The van der Waals surface area contributed by atoms with Crippen LogP contribution < -0.4 is 5.32 Å². The van der Waals surface area contributed by atoms with Crippen LogP contribution in [0.25, 0.3) is 0 Å². The monoisotopic (exact) mass is 273 g/mol. The molecule has 1 atom stereocenters. The van der Waals surface area contributed by atoms with Crippen molar-refractivity contribution in [3.8, 4) is 0 Å². The average Bonchev–Trinajstić information content (AvgIpc) is 2.32. The number of halogens is 1. The summed E-state index contributed by atoms with van der Waals surface area (Å²) in [6.07, 6.45) is 2.27. The van der Waals surface area contributed by atoms with Crippen molar-refractivity contribution in [2.24, 2.45) is 0 Å². The number of thioether (sulfide) groups is 1. The molecule has 0 radical (unpaired) electrons. The van der Waals surface area contributed by atoms with E-state index in [-0.39, 0.29) is 11.2 Å². The normalized spacial score (nSPS) is 12.2. The third-order valence-corrected chi connectivity index (χ3v) is 3.56. The second-order valence-electron chi connectivity index (χ2n) is 3.60. The van der Waals surface area contributed by atoms with Crippen molar-refractivity contribution in [2.45, 2.75) is 31.9 Å². The first-order chi connectivity index (χ1) is 8.13. The predicted molar refractivity (Wildman–Crippen MR) is 72.5 cm³/mol. The van der Waals surface area contributed by atoms with Crippen molar-refractivity contribution in [1.29, 1.82) is 0 Å². The molecule has 6 heteroatoms. The van der Waals surface area contributed by atoms with Crippen LogP contribution in [0.4, 0.5) is 5.82 Å². The first kappa shape index (κ1) is 14.3. The zero-order chi connectivity index (χ0) is 12.7. The van der Waals surface area contributed by atoms with Crippen LogP contribution in [-0.4, -0.2) is 27.1 Å². The van der Waals surface area contributed by atoms with Gasteiger partial charge in [-0.1, -0.05) is 24.9 Å². The average molecular weight is 274 g/mol. The van der Waals surface area contributed by atoms with E-state index < -0.39 is 0 Å². The second-order valence-corrected chi connectivity index (χ2v) is 5.43. The summed E-state index contributed by atoms with van der Waals surface area (Å²) in [7, 11) is 0. The summed E-state index contributed by atoms with van der Waals surface area (Å²) in [5, 5.41) is 10.4. The number of nitrogens with one attached hydrogen (secondary N) is 1. The highest BCUT2D eigenvalue weighted by atomic mass is 35.5. The van der Waals surface area contributed by atoms with Crippen molar-refractivity contribution in [3.05, 3.63) is 17.3 Å². The lowest BCUT2D eigenvalue weighted by atomic mass is 10.4. The fourth-order valence-electron chi connectivity index (χ4n) is 1.09. The maximum Gasteiger partial charge on any atom is 0.238 e. The largest absolute Gasteiger partial charge is 0.308 e. The molecular weight excluding hydrogens is 258 g/mol. The quantitative estimate of drug-likeness (QED) is 0.810. The first-order valence-corrected chi connectivity index (χ1v) is 6.98. The van der Waals surface area contributed by atoms with Crippen LogP contribution in [0.2, 0.25) is 5.15 Å². The van der Waals surface area contributed by atoms with Gasteiger partial charge in [0.05, 0.1) is 5.25 Å². The zero-order valence-corrected chi connectivity index (χ0v) is 11.5. The minimum atomic E-state index is -0.0842. The van der Waals surface area contributed by atoms with E-state index in [0.717, 1.165) is 18.6 Å². The minimum absolute atomic E-state index is 0.0530. The van der Waals surface area contributed by atoms with Crippen LogP contribution in [-0.2, 0) is 4.79 Å². The molecule has 1 rings (SSSR count). The first-order valence-electron chi connectivity index (χ1n) is 5.55. The number of unbranched alkanes of at least 4 members (excludes halogenated alkanes) is 1. The van der Waals surface area contributed by atoms with Gasteiger partial charge in [-0.25, -0.2) is 0 Å². The van der Waals surface area contributed by atoms with E-state index >= 15 is 0 Å². The molecule has 0 aliphatic rings. The highest BCUT2D eigenvalue weighted by molar-refractivity contribution is 8.00. The Kier molecular flexibility index (Phi) is 6.29. The number of amides is 1. The van der Waals surface area contributed by atoms with Crippen LogP contribution >= 0.6 is 23.4 Å². The fraction of sp³-hybridized carbons (Fsp3) is 0.545. The van der Waals surface area contributed by atoms with Crippen LogP contribution in [0.1, 0.15) is 26.7 Å². The molecule has 1 aromatic rings. The number of carbonyl (C=O) groups is 1. The number of anilines is 1. The fourth-order valence-corrected chi connectivity index (χ4v) is 2.21. The van der Waals surface area contributed by atoms with E-state index in [0.29, 0.717) is 11.0 Å². The summed E-state index contributed by atoms with van der Waals surface area (Å²) in [6, 6.07) is 3.23. The maximum absolute atomic E-state index is 11.8. The third-order valence-electron chi connectivity index (χ3n) is 2.12. The second kappa shape index (κ2) is 7.50. The molecule has 0 aromatic carbocycles. The number of aromatic nitrogens is 2. The van der Waals surface area contributed by atoms with Crippen molar-refractivity contribution >= 4 is 35.1 Å². The standard InChI is InChI=1S/C11H16ClN3OS/c1-3-4-7-17-8(2)11(16)13-10-6-5-9(12)14-15-10/h5-6,8H,3-4,7H2,1-2H3,(H,13,15,16)/t8-/m0/s1. The Balaban J connectivity index is 2.40. The molecule has 94 valence electrons. The van der Waals surface area contributed by atoms with Crippen molar-refractivity contribution in [1.82, 2.24) is 10.2 Å². The van der Waals surface area contributed by atoms with E-state index in [1.165, 1.54) is 0 Å². The summed E-state index contributed by atoms with van der Waals surface area (Å²) >= 11 is 7.25. The van der Waals surface area contributed by atoms with E-state index in [2.05, 4.69) is 22.4 Å². The lowest BCUT2D eigenvalue weighted by molar-refractivity contribution is -0.115. The number of nitrogens with zero attached hydrogens (tertiary/aromatic N) is 2. The Labute approximate surface area is 111 Å². The maximum atomic E-state index is 11.8. The Bertz CT molecular complexity index is 358. The van der Waals surface area contributed by atoms with Crippen molar-refractivity contribution < 1.29 is 4.79 Å². The predicted octanol–water partition coefficient (Wildman–Crippen LogP) is 2.99. The molecule has 0 unspecified atom stereocenters. The van der Waals surface area contributed by atoms with Gasteiger partial charge in [0.25, 0.3) is 0 Å². The van der Waals surface area contributed by atoms with Crippen molar-refractivity contribution in [3.63, 3.8) is 0 Å². The molecule has 0 fully saturated rings. The molecule has 4 nitrogen and oxygen atoms in total.